The second-order valence-electron chi connectivity index (χ2n) is 4.46. The van der Waals surface area contributed by atoms with Gasteiger partial charge in [0.2, 0.25) is 0 Å². The van der Waals surface area contributed by atoms with E-state index in [4.69, 9.17) is 23.2 Å². The van der Waals surface area contributed by atoms with Crippen LogP contribution in [-0.2, 0) is 6.42 Å². The highest BCUT2D eigenvalue weighted by Crippen LogP contribution is 2.28. The number of hydrogen-bond acceptors (Lipinski definition) is 1. The molecule has 0 aliphatic rings. The van der Waals surface area contributed by atoms with Crippen LogP contribution in [0.25, 0.3) is 0 Å². The molecular formula is C15H13Cl2F2N. The first-order chi connectivity index (χ1) is 9.51. The molecule has 1 nitrogen and oxygen atoms in total. The first kappa shape index (κ1) is 15.2. The third kappa shape index (κ3) is 3.48. The highest BCUT2D eigenvalue weighted by molar-refractivity contribution is 6.31. The molecule has 0 fully saturated rings. The number of rotatable bonds is 4. The van der Waals surface area contributed by atoms with Gasteiger partial charge in [0.25, 0.3) is 0 Å². The molecule has 0 spiro atoms. The summed E-state index contributed by atoms with van der Waals surface area (Å²) < 4.78 is 26.5. The topological polar surface area (TPSA) is 12.0 Å². The predicted molar refractivity (Wildman–Crippen MR) is 78.3 cm³/mol. The van der Waals surface area contributed by atoms with Gasteiger partial charge in [0, 0.05) is 16.1 Å². The molecule has 0 saturated carbocycles. The van der Waals surface area contributed by atoms with Crippen LogP contribution in [0.5, 0.6) is 0 Å². The molecule has 2 aromatic rings. The standard InChI is InChI=1S/C15H13Cl2F2N/c1-20-15(6-9-3-2-4-10(16)5-9)11-7-13(18)14(19)8-12(11)17/h2-5,7-8,15,20H,6H2,1H3. The summed E-state index contributed by atoms with van der Waals surface area (Å²) in [6.07, 6.45) is 0.571. The molecule has 1 N–H and O–H groups in total. The molecule has 0 heterocycles. The van der Waals surface area contributed by atoms with Crippen molar-refractivity contribution in [3.63, 3.8) is 0 Å². The van der Waals surface area contributed by atoms with Crippen molar-refractivity contribution >= 4 is 23.2 Å². The molecule has 0 amide bonds. The maximum absolute atomic E-state index is 13.4. The second kappa shape index (κ2) is 6.53. The van der Waals surface area contributed by atoms with E-state index in [-0.39, 0.29) is 11.1 Å². The zero-order chi connectivity index (χ0) is 14.7. The molecule has 2 aromatic carbocycles. The Morgan fingerprint density at radius 3 is 2.45 bits per heavy atom. The van der Waals surface area contributed by atoms with E-state index in [0.717, 1.165) is 17.7 Å². The summed E-state index contributed by atoms with van der Waals surface area (Å²) in [6.45, 7) is 0. The van der Waals surface area contributed by atoms with Crippen LogP contribution >= 0.6 is 23.2 Å². The molecule has 0 aliphatic carbocycles. The van der Waals surface area contributed by atoms with Crippen LogP contribution in [0.15, 0.2) is 36.4 Å². The van der Waals surface area contributed by atoms with Gasteiger partial charge in [0.1, 0.15) is 0 Å². The summed E-state index contributed by atoms with van der Waals surface area (Å²) in [4.78, 5) is 0. The Labute approximate surface area is 126 Å². The molecule has 0 aromatic heterocycles. The van der Waals surface area contributed by atoms with E-state index < -0.39 is 11.6 Å². The molecule has 0 aliphatic heterocycles. The Kier molecular flexibility index (Phi) is 4.97. The number of benzene rings is 2. The molecule has 106 valence electrons. The van der Waals surface area contributed by atoms with Crippen molar-refractivity contribution in [3.8, 4) is 0 Å². The monoisotopic (exact) mass is 315 g/mol. The van der Waals surface area contributed by atoms with Crippen LogP contribution in [0.1, 0.15) is 17.2 Å². The molecule has 0 radical (unpaired) electrons. The van der Waals surface area contributed by atoms with Gasteiger partial charge in [0.05, 0.1) is 0 Å². The summed E-state index contributed by atoms with van der Waals surface area (Å²) >= 11 is 11.9. The minimum absolute atomic E-state index is 0.199. The van der Waals surface area contributed by atoms with E-state index in [1.54, 1.807) is 13.1 Å². The van der Waals surface area contributed by atoms with E-state index >= 15 is 0 Å². The largest absolute Gasteiger partial charge is 0.313 e. The summed E-state index contributed by atoms with van der Waals surface area (Å²) in [7, 11) is 1.74. The highest BCUT2D eigenvalue weighted by atomic mass is 35.5. The lowest BCUT2D eigenvalue weighted by molar-refractivity contribution is 0.501. The minimum atomic E-state index is -0.948. The van der Waals surface area contributed by atoms with Crippen molar-refractivity contribution in [1.82, 2.24) is 5.32 Å². The molecule has 2 rings (SSSR count). The van der Waals surface area contributed by atoms with Gasteiger partial charge in [-0.25, -0.2) is 8.78 Å². The van der Waals surface area contributed by atoms with Crippen LogP contribution in [0.4, 0.5) is 8.78 Å². The summed E-state index contributed by atoms with van der Waals surface area (Å²) in [5.41, 5.74) is 1.51. The average Bonchev–Trinajstić information content (AvgIpc) is 2.40. The van der Waals surface area contributed by atoms with Crippen LogP contribution < -0.4 is 5.32 Å². The van der Waals surface area contributed by atoms with Crippen LogP contribution in [-0.4, -0.2) is 7.05 Å². The molecule has 5 heteroatoms. The van der Waals surface area contributed by atoms with E-state index in [1.165, 1.54) is 0 Å². The van der Waals surface area contributed by atoms with E-state index in [2.05, 4.69) is 5.32 Å². The molecular weight excluding hydrogens is 303 g/mol. The van der Waals surface area contributed by atoms with E-state index in [1.807, 2.05) is 18.2 Å². The molecule has 0 bridgehead atoms. The fourth-order valence-electron chi connectivity index (χ4n) is 2.07. The first-order valence-electron chi connectivity index (χ1n) is 6.07. The van der Waals surface area contributed by atoms with Crippen molar-refractivity contribution < 1.29 is 8.78 Å². The summed E-state index contributed by atoms with van der Waals surface area (Å²) in [5, 5.41) is 3.89. The maximum Gasteiger partial charge on any atom is 0.160 e. The number of nitrogens with one attached hydrogen (secondary N) is 1. The van der Waals surface area contributed by atoms with Gasteiger partial charge in [-0.15, -0.1) is 0 Å². The van der Waals surface area contributed by atoms with Gasteiger partial charge >= 0.3 is 0 Å². The lowest BCUT2D eigenvalue weighted by Gasteiger charge is -2.18. The zero-order valence-corrected chi connectivity index (χ0v) is 12.3. The smallest absolute Gasteiger partial charge is 0.160 e. The zero-order valence-electron chi connectivity index (χ0n) is 10.8. The Balaban J connectivity index is 2.31. The molecule has 1 atom stereocenters. The van der Waals surface area contributed by atoms with E-state index in [0.29, 0.717) is 17.0 Å². The van der Waals surface area contributed by atoms with E-state index in [9.17, 15) is 8.78 Å². The van der Waals surface area contributed by atoms with Gasteiger partial charge in [-0.2, -0.15) is 0 Å². The molecule has 20 heavy (non-hydrogen) atoms. The lowest BCUT2D eigenvalue weighted by atomic mass is 9.98. The fraction of sp³-hybridized carbons (Fsp3) is 0.200. The highest BCUT2D eigenvalue weighted by Gasteiger charge is 2.17. The first-order valence-corrected chi connectivity index (χ1v) is 6.83. The number of likely N-dealkylation sites (N-methyl/N-ethyl adjacent to an activating group) is 1. The predicted octanol–water partition coefficient (Wildman–Crippen LogP) is 4.77. The average molecular weight is 316 g/mol. The van der Waals surface area contributed by atoms with Crippen LogP contribution in [0, 0.1) is 11.6 Å². The van der Waals surface area contributed by atoms with Crippen molar-refractivity contribution in [3.05, 3.63) is 69.2 Å². The van der Waals surface area contributed by atoms with Gasteiger partial charge < -0.3 is 5.32 Å². The van der Waals surface area contributed by atoms with Crippen LogP contribution in [0.2, 0.25) is 10.0 Å². The Morgan fingerprint density at radius 2 is 1.80 bits per heavy atom. The third-order valence-electron chi connectivity index (χ3n) is 3.09. The number of hydrogen-bond donors (Lipinski definition) is 1. The van der Waals surface area contributed by atoms with Gasteiger partial charge in [-0.1, -0.05) is 35.3 Å². The van der Waals surface area contributed by atoms with Crippen molar-refractivity contribution in [2.45, 2.75) is 12.5 Å². The van der Waals surface area contributed by atoms with Crippen LogP contribution in [0.3, 0.4) is 0 Å². The summed E-state index contributed by atoms with van der Waals surface area (Å²) in [6, 6.07) is 9.28. The van der Waals surface area contributed by atoms with Crippen molar-refractivity contribution in [1.29, 1.82) is 0 Å². The SMILES string of the molecule is CNC(Cc1cccc(Cl)c1)c1cc(F)c(F)cc1Cl. The molecule has 0 saturated heterocycles. The van der Waals surface area contributed by atoms with Gasteiger partial charge in [-0.05, 0) is 48.9 Å². The minimum Gasteiger partial charge on any atom is -0.313 e. The number of halogens is 4. The maximum atomic E-state index is 13.4. The Morgan fingerprint density at radius 1 is 1.10 bits per heavy atom. The summed E-state index contributed by atoms with van der Waals surface area (Å²) in [5.74, 6) is -1.85. The van der Waals surface area contributed by atoms with Crippen molar-refractivity contribution in [2.24, 2.45) is 0 Å². The Bertz CT molecular complexity index is 617. The quantitative estimate of drug-likeness (QED) is 0.801. The third-order valence-corrected chi connectivity index (χ3v) is 3.65. The Hall–Kier alpha value is -1.16. The second-order valence-corrected chi connectivity index (χ2v) is 5.31. The van der Waals surface area contributed by atoms with Gasteiger partial charge in [0.15, 0.2) is 11.6 Å². The lowest BCUT2D eigenvalue weighted by Crippen LogP contribution is -2.19. The molecule has 1 unspecified atom stereocenters. The van der Waals surface area contributed by atoms with Crippen molar-refractivity contribution in [2.75, 3.05) is 7.05 Å². The fourth-order valence-corrected chi connectivity index (χ4v) is 2.57. The van der Waals surface area contributed by atoms with Gasteiger partial charge in [-0.3, -0.25) is 0 Å². The normalized spacial score (nSPS) is 12.4.